The molecule has 5 nitrogen and oxygen atoms in total. The predicted octanol–water partition coefficient (Wildman–Crippen LogP) is 0.676. The highest BCUT2D eigenvalue weighted by Gasteiger charge is 2.12. The zero-order valence-corrected chi connectivity index (χ0v) is 5.27. The summed E-state index contributed by atoms with van der Waals surface area (Å²) >= 11 is 0. The molecule has 2 N–H and O–H groups in total. The summed E-state index contributed by atoms with van der Waals surface area (Å²) in [6.45, 7) is 0. The highest BCUT2D eigenvalue weighted by atomic mass is 18.3. The van der Waals surface area contributed by atoms with E-state index >= 15 is 0 Å². The van der Waals surface area contributed by atoms with Crippen LogP contribution >= 0.6 is 0 Å². The first-order chi connectivity index (χ1) is 5.11. The van der Waals surface area contributed by atoms with E-state index in [1.165, 1.54) is 0 Å². The number of hydrogen-bond acceptors (Lipinski definition) is 3. The summed E-state index contributed by atoms with van der Waals surface area (Å²) in [7, 11) is 0. The van der Waals surface area contributed by atoms with Crippen molar-refractivity contribution in [1.29, 1.82) is 0 Å². The molecule has 1 aromatic heterocycles. The van der Waals surface area contributed by atoms with Gasteiger partial charge in [-0.2, -0.15) is 0 Å². The van der Waals surface area contributed by atoms with E-state index in [0.29, 0.717) is 0 Å². The average molecular weight is 164 g/mol. The lowest BCUT2D eigenvalue weighted by molar-refractivity contribution is 0.0632. The Kier molecular flexibility index (Phi) is 1.63. The highest BCUT2D eigenvalue weighted by molar-refractivity contribution is 5.88. The van der Waals surface area contributed by atoms with E-state index in [1.807, 2.05) is 0 Å². The van der Waals surface area contributed by atoms with E-state index in [2.05, 4.69) is 4.42 Å². The quantitative estimate of drug-likeness (QED) is 0.627. The van der Waals surface area contributed by atoms with Crippen molar-refractivity contribution in [2.45, 2.75) is 0 Å². The van der Waals surface area contributed by atoms with Gasteiger partial charge in [-0.25, -0.2) is 9.59 Å². The van der Waals surface area contributed by atoms with Crippen LogP contribution in [0.2, 0.25) is 0 Å². The Morgan fingerprint density at radius 2 is 1.45 bits per heavy atom. The molecule has 0 aromatic carbocycles. The van der Waals surface area contributed by atoms with Gasteiger partial charge in [0.05, 0.1) is 0 Å². The molecule has 1 aromatic rings. The second-order valence-electron chi connectivity index (χ2n) is 1.77. The molecule has 1 rings (SSSR count). The van der Waals surface area contributed by atoms with Gasteiger partial charge >= 0.3 is 11.9 Å². The lowest BCUT2D eigenvalue weighted by Crippen LogP contribution is -1.94. The first-order valence-electron chi connectivity index (χ1n) is 2.67. The molecule has 0 bridgehead atoms. The monoisotopic (exact) mass is 164 g/mol. The Morgan fingerprint density at radius 1 is 1.09 bits per heavy atom. The maximum atomic E-state index is 10.2. The van der Waals surface area contributed by atoms with Crippen molar-refractivity contribution in [3.05, 3.63) is 23.7 Å². The molecule has 0 spiro atoms. The van der Waals surface area contributed by atoms with Crippen LogP contribution in [0, 0.1) is 0 Å². The van der Waals surface area contributed by atoms with Gasteiger partial charge in [0, 0.05) is 0 Å². The number of aromatic carboxylic acids is 2. The molecule has 0 fully saturated rings. The van der Waals surface area contributed by atoms with Gasteiger partial charge in [0.25, 0.3) is 0 Å². The van der Waals surface area contributed by atoms with Crippen LogP contribution in [-0.4, -0.2) is 22.2 Å². The Bertz CT molecular complexity index is 269. The fourth-order valence-corrected chi connectivity index (χ4v) is 0.568. The molecule has 11 heavy (non-hydrogen) atoms. The van der Waals surface area contributed by atoms with Crippen molar-refractivity contribution in [2.75, 3.05) is 0 Å². The second kappa shape index (κ2) is 2.45. The molecule has 0 aliphatic carbocycles. The number of furan rings is 1. The fraction of sp³-hybridized carbons (Fsp3) is 0. The van der Waals surface area contributed by atoms with Crippen LogP contribution in [0.25, 0.3) is 0 Å². The molecule has 0 radical (unpaired) electrons. The third-order valence-electron chi connectivity index (χ3n) is 1.03. The smallest absolute Gasteiger partial charge is 0.371 e. The normalized spacial score (nSPS) is 9.45. The Morgan fingerprint density at radius 3 is 1.64 bits per heavy atom. The van der Waals surface area contributed by atoms with E-state index in [4.69, 9.17) is 10.2 Å². The van der Waals surface area contributed by atoms with E-state index in [-0.39, 0.29) is 11.5 Å². The molecule has 0 saturated heterocycles. The van der Waals surface area contributed by atoms with Crippen LogP contribution in [-0.2, 0) is 0 Å². The largest absolute Gasteiger partial charge is 0.475 e. The van der Waals surface area contributed by atoms with Crippen molar-refractivity contribution in [1.82, 2.24) is 0 Å². The van der Waals surface area contributed by atoms with Crippen molar-refractivity contribution in [3.8, 4) is 0 Å². The Labute approximate surface area is 60.9 Å². The summed E-state index contributed by atoms with van der Waals surface area (Å²) in [5.74, 6) is -3.31. The zero-order valence-electron chi connectivity index (χ0n) is 5.27. The molecular weight excluding hydrogens is 160 g/mol. The molecule has 0 aliphatic heterocycles. The number of carboxylic acid groups (broad SMARTS) is 2. The second-order valence-corrected chi connectivity index (χ2v) is 1.77. The maximum Gasteiger partial charge on any atom is 0.371 e. The molecule has 5 heteroatoms. The van der Waals surface area contributed by atoms with Crippen LogP contribution < -0.4 is 0 Å². The maximum absolute atomic E-state index is 10.2. The highest BCUT2D eigenvalue weighted by Crippen LogP contribution is 2.06. The van der Waals surface area contributed by atoms with E-state index < -0.39 is 11.9 Å². The fourth-order valence-electron chi connectivity index (χ4n) is 0.568. The van der Waals surface area contributed by atoms with Crippen molar-refractivity contribution in [2.24, 2.45) is 0 Å². The minimum atomic E-state index is -1.28. The van der Waals surface area contributed by atoms with Gasteiger partial charge in [0.15, 0.2) is 0 Å². The van der Waals surface area contributed by atoms with Gasteiger partial charge in [-0.05, 0) is 12.1 Å². The number of hydrogen-bond donors (Lipinski definition) is 2. The van der Waals surface area contributed by atoms with Crippen molar-refractivity contribution >= 4 is 11.9 Å². The lowest BCUT2D eigenvalue weighted by atomic mass is 10.4. The van der Waals surface area contributed by atoms with Crippen LogP contribution in [0.1, 0.15) is 21.1 Å². The lowest BCUT2D eigenvalue weighted by Gasteiger charge is -1.84. The van der Waals surface area contributed by atoms with E-state index in [9.17, 15) is 9.59 Å². The van der Waals surface area contributed by atoms with Gasteiger partial charge in [-0.3, -0.25) is 0 Å². The molecule has 0 amide bonds. The minimum Gasteiger partial charge on any atom is -0.475 e. The molecule has 0 unspecified atom stereocenters. The molecule has 1 heterocycles. The van der Waals surface area contributed by atoms with Gasteiger partial charge in [-0.1, -0.05) is 0 Å². The molecule has 0 atom stereocenters. The first-order valence-corrected chi connectivity index (χ1v) is 2.67. The van der Waals surface area contributed by atoms with E-state index in [0.717, 1.165) is 12.1 Å². The summed E-state index contributed by atoms with van der Waals surface area (Å²) in [6, 6.07) is 2.18. The summed E-state index contributed by atoms with van der Waals surface area (Å²) in [4.78, 5) is 20.3. The Hall–Kier alpha value is -1.78. The number of carboxylic acids is 2. The summed E-state index contributed by atoms with van der Waals surface area (Å²) in [6.07, 6.45) is 0. The molecule has 58 valence electrons. The predicted molar refractivity (Wildman–Crippen MR) is 32.6 cm³/mol. The summed E-state index contributed by atoms with van der Waals surface area (Å²) in [5.41, 5.74) is 0. The minimum absolute atomic E-state index is 0.373. The number of carbonyl (C=O) groups is 2. The summed E-state index contributed by atoms with van der Waals surface area (Å²) < 4.78 is 4.41. The topological polar surface area (TPSA) is 87.7 Å². The van der Waals surface area contributed by atoms with Crippen molar-refractivity contribution in [3.63, 3.8) is 0 Å². The van der Waals surface area contributed by atoms with Crippen LogP contribution in [0.4, 0.5) is 0 Å². The van der Waals surface area contributed by atoms with Crippen LogP contribution in [0.5, 0.6) is 0 Å². The molecular formula is C6H4O5. The number of rotatable bonds is 2. The Balaban J connectivity index is 2.99. The van der Waals surface area contributed by atoms with Gasteiger partial charge in [0.2, 0.25) is 11.5 Å². The van der Waals surface area contributed by atoms with Crippen LogP contribution in [0.15, 0.2) is 16.5 Å². The van der Waals surface area contributed by atoms with Crippen molar-refractivity contribution < 1.29 is 24.2 Å². The SMILES string of the molecule is [18O]=C([18OH])c1ccc(C(=[18O])[18OH])o1. The zero-order chi connectivity index (χ0) is 8.43. The summed E-state index contributed by atoms with van der Waals surface area (Å²) in [5, 5.41) is 16.6. The standard InChI is InChI=1S/C6H4O5/c7-5(8)3-1-2-4(11-3)6(9)10/h1-2H,(H,7,8)(H,9,10)/i7+2,8+2,9+2,10+2. The van der Waals surface area contributed by atoms with Gasteiger partial charge in [0.1, 0.15) is 0 Å². The third-order valence-corrected chi connectivity index (χ3v) is 1.03. The average Bonchev–Trinajstić information content (AvgIpc) is 2.33. The van der Waals surface area contributed by atoms with Gasteiger partial charge in [-0.15, -0.1) is 0 Å². The first kappa shape index (κ1) is 7.33. The third kappa shape index (κ3) is 1.37. The molecule has 0 saturated carbocycles. The van der Waals surface area contributed by atoms with Gasteiger partial charge < -0.3 is 14.6 Å². The van der Waals surface area contributed by atoms with Crippen LogP contribution in [0.3, 0.4) is 0 Å². The molecule has 0 aliphatic rings. The van der Waals surface area contributed by atoms with E-state index in [1.54, 1.807) is 0 Å².